The van der Waals surface area contributed by atoms with Gasteiger partial charge in [0.25, 0.3) is 0 Å². The van der Waals surface area contributed by atoms with Crippen LogP contribution in [0.1, 0.15) is 37.8 Å². The number of fused-ring (bicyclic) bond motifs is 1. The van der Waals surface area contributed by atoms with Crippen molar-refractivity contribution in [2.24, 2.45) is 21.0 Å². The number of guanidine groups is 1. The Kier molecular flexibility index (Phi) is 5.86. The zero-order valence-electron chi connectivity index (χ0n) is 11.6. The van der Waals surface area contributed by atoms with E-state index in [4.69, 9.17) is 17.3 Å². The van der Waals surface area contributed by atoms with E-state index in [0.717, 1.165) is 35.6 Å². The van der Waals surface area contributed by atoms with E-state index in [1.807, 2.05) is 30.0 Å². The van der Waals surface area contributed by atoms with Gasteiger partial charge in [-0.05, 0) is 36.6 Å². The second-order valence-corrected chi connectivity index (χ2v) is 6.22. The molecule has 4 nitrogen and oxygen atoms in total. The Morgan fingerprint density at radius 1 is 1.50 bits per heavy atom. The van der Waals surface area contributed by atoms with Crippen molar-refractivity contribution >= 4 is 29.3 Å². The van der Waals surface area contributed by atoms with E-state index < -0.39 is 0 Å². The Morgan fingerprint density at radius 3 is 3.15 bits per heavy atom. The largest absolute Gasteiger partial charge is 0.367 e. The average molecular weight is 311 g/mol. The highest BCUT2D eigenvalue weighted by Gasteiger charge is 2.20. The lowest BCUT2D eigenvalue weighted by molar-refractivity contribution is 0.651. The van der Waals surface area contributed by atoms with Crippen LogP contribution in [0.15, 0.2) is 38.3 Å². The zero-order valence-corrected chi connectivity index (χ0v) is 13.1. The zero-order chi connectivity index (χ0) is 14.4. The Hall–Kier alpha value is -1.07. The molecule has 1 aliphatic heterocycles. The lowest BCUT2D eigenvalue weighted by Crippen LogP contribution is -2.10. The number of halogens is 1. The van der Waals surface area contributed by atoms with Crippen LogP contribution in [0.4, 0.5) is 0 Å². The fourth-order valence-electron chi connectivity index (χ4n) is 1.98. The summed E-state index contributed by atoms with van der Waals surface area (Å²) in [6, 6.07) is 5.96. The predicted molar refractivity (Wildman–Crippen MR) is 85.8 cm³/mol. The predicted octanol–water partition coefficient (Wildman–Crippen LogP) is 4.44. The highest BCUT2D eigenvalue weighted by Crippen LogP contribution is 2.39. The summed E-state index contributed by atoms with van der Waals surface area (Å²) in [5.41, 5.74) is 6.88. The Labute approximate surface area is 128 Å². The first kappa shape index (κ1) is 15.3. The summed E-state index contributed by atoms with van der Waals surface area (Å²) in [5, 5.41) is 9.12. The molecule has 1 atom stereocenters. The summed E-state index contributed by atoms with van der Waals surface area (Å²) >= 11 is 7.89. The van der Waals surface area contributed by atoms with E-state index >= 15 is 0 Å². The van der Waals surface area contributed by atoms with Crippen LogP contribution in [0.25, 0.3) is 0 Å². The maximum absolute atomic E-state index is 6.06. The van der Waals surface area contributed by atoms with E-state index in [2.05, 4.69) is 22.1 Å². The molecule has 20 heavy (non-hydrogen) atoms. The Bertz CT molecular complexity index is 516. The highest BCUT2D eigenvalue weighted by atomic mass is 35.5. The third-order valence-corrected chi connectivity index (χ3v) is 4.42. The summed E-state index contributed by atoms with van der Waals surface area (Å²) in [5.74, 6) is 1.30. The normalized spacial score (nSPS) is 19.3. The molecule has 0 saturated carbocycles. The van der Waals surface area contributed by atoms with Crippen molar-refractivity contribution in [1.82, 2.24) is 0 Å². The van der Waals surface area contributed by atoms with E-state index in [9.17, 15) is 0 Å². The molecule has 0 bridgehead atoms. The minimum Gasteiger partial charge on any atom is -0.367 e. The number of unbranched alkanes of at least 4 members (excludes halogenated alkanes) is 1. The van der Waals surface area contributed by atoms with Crippen molar-refractivity contribution in [1.29, 1.82) is 0 Å². The van der Waals surface area contributed by atoms with Crippen molar-refractivity contribution in [3.63, 3.8) is 0 Å². The van der Waals surface area contributed by atoms with Crippen LogP contribution in [0.5, 0.6) is 0 Å². The molecule has 0 amide bonds. The molecule has 108 valence electrons. The Balaban J connectivity index is 2.08. The van der Waals surface area contributed by atoms with E-state index in [1.165, 1.54) is 4.90 Å². The maximum atomic E-state index is 6.06. The summed E-state index contributed by atoms with van der Waals surface area (Å²) < 4.78 is 0. The molecule has 1 aromatic carbocycles. The first-order valence-corrected chi connectivity index (χ1v) is 8.20. The smallest absolute Gasteiger partial charge is 0.235 e. The molecule has 0 spiro atoms. The van der Waals surface area contributed by atoms with Crippen molar-refractivity contribution in [2.75, 3.05) is 12.3 Å². The van der Waals surface area contributed by atoms with Gasteiger partial charge in [-0.15, -0.1) is 16.9 Å². The highest BCUT2D eigenvalue weighted by molar-refractivity contribution is 7.99. The van der Waals surface area contributed by atoms with Gasteiger partial charge in [-0.2, -0.15) is 5.11 Å². The van der Waals surface area contributed by atoms with Crippen LogP contribution < -0.4 is 5.73 Å². The molecular weight excluding hydrogens is 292 g/mol. The van der Waals surface area contributed by atoms with E-state index in [-0.39, 0.29) is 12.0 Å². The molecule has 1 heterocycles. The third kappa shape index (κ3) is 4.21. The number of nitrogens with two attached hydrogens (primary N) is 1. The molecule has 2 N–H and O–H groups in total. The van der Waals surface area contributed by atoms with Gasteiger partial charge in [-0.1, -0.05) is 24.9 Å². The second kappa shape index (κ2) is 7.64. The van der Waals surface area contributed by atoms with Crippen LogP contribution in [-0.4, -0.2) is 18.3 Å². The summed E-state index contributed by atoms with van der Waals surface area (Å²) in [6.45, 7) is 2.83. The molecule has 0 saturated heterocycles. The van der Waals surface area contributed by atoms with Gasteiger partial charge in [0.15, 0.2) is 0 Å². The molecule has 0 fully saturated rings. The number of thioether (sulfide) groups is 1. The van der Waals surface area contributed by atoms with Crippen LogP contribution >= 0.6 is 23.4 Å². The summed E-state index contributed by atoms with van der Waals surface area (Å²) in [4.78, 5) is 5.40. The number of rotatable bonds is 4. The first-order chi connectivity index (χ1) is 9.70. The Morgan fingerprint density at radius 2 is 2.35 bits per heavy atom. The van der Waals surface area contributed by atoms with Crippen LogP contribution in [0, 0.1) is 0 Å². The minimum atomic E-state index is 0.0323. The summed E-state index contributed by atoms with van der Waals surface area (Å²) in [7, 11) is 0. The lowest BCUT2D eigenvalue weighted by Gasteiger charge is -2.21. The molecule has 2 rings (SSSR count). The fraction of sp³-hybridized carbons (Fsp3) is 0.500. The van der Waals surface area contributed by atoms with Crippen LogP contribution in [0.3, 0.4) is 0 Å². The molecule has 6 heteroatoms. The van der Waals surface area contributed by atoms with Crippen molar-refractivity contribution in [3.05, 3.63) is 28.8 Å². The molecule has 1 aliphatic rings. The number of nitrogens with zero attached hydrogens (tertiary/aromatic N) is 3. The lowest BCUT2D eigenvalue weighted by atomic mass is 10.1. The first-order valence-electron chi connectivity index (χ1n) is 6.83. The standard InChI is InChI=1S/C14H19ClN4S/c1-2-3-7-17-14(16)19-18-12-6-8-20-13-5-4-10(15)9-11(12)13/h4-5,9,12H,2-3,6-8H2,1H3,(H2,16,17). The molecule has 0 radical (unpaired) electrons. The molecule has 1 unspecified atom stereocenters. The van der Waals surface area contributed by atoms with Crippen LogP contribution in [0.2, 0.25) is 5.02 Å². The quantitative estimate of drug-likeness (QED) is 0.386. The number of azo groups is 1. The van der Waals surface area contributed by atoms with Gasteiger partial charge < -0.3 is 5.73 Å². The minimum absolute atomic E-state index is 0.0323. The number of hydrogen-bond donors (Lipinski definition) is 1. The molecule has 0 aliphatic carbocycles. The van der Waals surface area contributed by atoms with Gasteiger partial charge in [0.05, 0.1) is 6.04 Å². The van der Waals surface area contributed by atoms with Crippen LogP contribution in [-0.2, 0) is 0 Å². The molecule has 1 aromatic rings. The van der Waals surface area contributed by atoms with Gasteiger partial charge in [0.1, 0.15) is 0 Å². The molecule has 0 aromatic heterocycles. The van der Waals surface area contributed by atoms with Gasteiger partial charge in [-0.3, -0.25) is 4.99 Å². The number of benzene rings is 1. The monoisotopic (exact) mass is 310 g/mol. The van der Waals surface area contributed by atoms with Gasteiger partial charge in [0, 0.05) is 22.2 Å². The number of aliphatic imine (C=N–C) groups is 1. The van der Waals surface area contributed by atoms with Gasteiger partial charge in [-0.25, -0.2) is 0 Å². The van der Waals surface area contributed by atoms with E-state index in [0.29, 0.717) is 6.54 Å². The SMILES string of the molecule is CCCCN=C(N)N=NC1CCSc2ccc(Cl)cc21. The fourth-order valence-corrected chi connectivity index (χ4v) is 3.25. The number of hydrogen-bond acceptors (Lipinski definition) is 3. The van der Waals surface area contributed by atoms with Gasteiger partial charge in [0.2, 0.25) is 5.96 Å². The third-order valence-electron chi connectivity index (χ3n) is 3.06. The molecular formula is C14H19ClN4S. The topological polar surface area (TPSA) is 63.1 Å². The van der Waals surface area contributed by atoms with Gasteiger partial charge >= 0.3 is 0 Å². The van der Waals surface area contributed by atoms with E-state index in [1.54, 1.807) is 0 Å². The van der Waals surface area contributed by atoms with Crippen molar-refractivity contribution in [2.45, 2.75) is 37.1 Å². The second-order valence-electron chi connectivity index (χ2n) is 4.64. The average Bonchev–Trinajstić information content (AvgIpc) is 2.45. The van der Waals surface area contributed by atoms with Crippen molar-refractivity contribution < 1.29 is 0 Å². The van der Waals surface area contributed by atoms with Crippen molar-refractivity contribution in [3.8, 4) is 0 Å². The summed E-state index contributed by atoms with van der Waals surface area (Å²) in [6.07, 6.45) is 3.07. The maximum Gasteiger partial charge on any atom is 0.235 e.